The summed E-state index contributed by atoms with van der Waals surface area (Å²) < 4.78 is 0. The predicted molar refractivity (Wildman–Crippen MR) is 34.7 cm³/mol. The Morgan fingerprint density at radius 3 is 2.00 bits per heavy atom. The van der Waals surface area contributed by atoms with Crippen molar-refractivity contribution in [3.8, 4) is 0 Å². The maximum absolute atomic E-state index is 3.60. The maximum Gasteiger partial charge on any atom is -0.0330 e. The Bertz CT molecular complexity index is 39.4. The molecule has 0 aliphatic heterocycles. The van der Waals surface area contributed by atoms with Crippen LogP contribution in [-0.4, -0.2) is 0 Å². The third kappa shape index (κ3) is 10.7. The first-order chi connectivity index (χ1) is 2.77. The number of hydrogen-bond acceptors (Lipinski definition) is 1. The summed E-state index contributed by atoms with van der Waals surface area (Å²) in [4.78, 5) is 0. The second kappa shape index (κ2) is 5.70. The molecule has 0 amide bonds. The molecule has 0 rings (SSSR count). The number of hydrogen-bond donors (Lipinski definition) is 1. The minimum absolute atomic E-state index is 0. The molecular formula is C6H15N. The van der Waals surface area contributed by atoms with Crippen molar-refractivity contribution >= 4 is 0 Å². The van der Waals surface area contributed by atoms with Gasteiger partial charge in [-0.2, -0.15) is 0 Å². The van der Waals surface area contributed by atoms with Gasteiger partial charge in [0, 0.05) is 0 Å². The molecule has 7 heavy (non-hydrogen) atoms. The van der Waals surface area contributed by atoms with E-state index in [-0.39, 0.29) is 6.15 Å². The predicted octanol–water partition coefficient (Wildman–Crippen LogP) is 2.38. The van der Waals surface area contributed by atoms with Crippen molar-refractivity contribution in [2.24, 2.45) is 5.92 Å². The molecule has 3 N–H and O–H groups in total. The number of rotatable bonds is 2. The van der Waals surface area contributed by atoms with E-state index in [0.29, 0.717) is 0 Å². The van der Waals surface area contributed by atoms with Crippen LogP contribution in [0.3, 0.4) is 0 Å². The molecule has 0 fully saturated rings. The third-order valence-electron chi connectivity index (χ3n) is 0.638. The normalized spacial score (nSPS) is 7.86. The Hall–Kier alpha value is -0.300. The Morgan fingerprint density at radius 2 is 2.00 bits per heavy atom. The highest BCUT2D eigenvalue weighted by Crippen LogP contribution is 1.96. The minimum Gasteiger partial charge on any atom is -0.344 e. The molecule has 0 spiro atoms. The molecule has 0 aliphatic carbocycles. The van der Waals surface area contributed by atoms with Crippen molar-refractivity contribution in [3.05, 3.63) is 12.7 Å². The van der Waals surface area contributed by atoms with Crippen LogP contribution in [0, 0.1) is 5.92 Å². The topological polar surface area (TPSA) is 35.0 Å². The highest BCUT2D eigenvalue weighted by atomic mass is 14.0. The van der Waals surface area contributed by atoms with E-state index < -0.39 is 0 Å². The molecule has 0 aromatic rings. The Labute approximate surface area is 46.0 Å². The molecule has 1 heteroatoms. The van der Waals surface area contributed by atoms with Gasteiger partial charge in [-0.3, -0.25) is 0 Å². The van der Waals surface area contributed by atoms with Crippen molar-refractivity contribution in [1.82, 2.24) is 6.15 Å². The van der Waals surface area contributed by atoms with Crippen molar-refractivity contribution in [1.29, 1.82) is 0 Å². The molecule has 0 heterocycles. The van der Waals surface area contributed by atoms with E-state index in [1.807, 2.05) is 6.08 Å². The van der Waals surface area contributed by atoms with Gasteiger partial charge in [-0.1, -0.05) is 19.9 Å². The van der Waals surface area contributed by atoms with E-state index in [1.54, 1.807) is 0 Å². The summed E-state index contributed by atoms with van der Waals surface area (Å²) in [6, 6.07) is 0. The van der Waals surface area contributed by atoms with Gasteiger partial charge in [0.15, 0.2) is 0 Å². The summed E-state index contributed by atoms with van der Waals surface area (Å²) >= 11 is 0. The average molecular weight is 101 g/mol. The lowest BCUT2D eigenvalue weighted by molar-refractivity contribution is 0.664. The fraction of sp³-hybridized carbons (Fsp3) is 0.667. The molecule has 0 aromatic heterocycles. The highest BCUT2D eigenvalue weighted by Gasteiger charge is 1.82. The van der Waals surface area contributed by atoms with Crippen LogP contribution in [0.1, 0.15) is 20.3 Å². The zero-order valence-electron chi connectivity index (χ0n) is 5.28. The molecule has 0 saturated carbocycles. The van der Waals surface area contributed by atoms with Crippen LogP contribution in [0.5, 0.6) is 0 Å². The van der Waals surface area contributed by atoms with E-state index in [4.69, 9.17) is 0 Å². The van der Waals surface area contributed by atoms with Gasteiger partial charge < -0.3 is 6.15 Å². The maximum atomic E-state index is 3.60. The van der Waals surface area contributed by atoms with Gasteiger partial charge in [0.25, 0.3) is 0 Å². The van der Waals surface area contributed by atoms with Crippen molar-refractivity contribution in [3.63, 3.8) is 0 Å². The summed E-state index contributed by atoms with van der Waals surface area (Å²) in [5.74, 6) is 0.780. The van der Waals surface area contributed by atoms with Crippen molar-refractivity contribution < 1.29 is 0 Å². The van der Waals surface area contributed by atoms with Crippen LogP contribution in [-0.2, 0) is 0 Å². The highest BCUT2D eigenvalue weighted by molar-refractivity contribution is 4.67. The molecule has 0 unspecified atom stereocenters. The summed E-state index contributed by atoms with van der Waals surface area (Å²) in [5, 5.41) is 0. The molecule has 44 valence electrons. The lowest BCUT2D eigenvalue weighted by Gasteiger charge is -1.92. The van der Waals surface area contributed by atoms with Crippen LogP contribution in [0.2, 0.25) is 0 Å². The first kappa shape index (κ1) is 9.85. The molecular weight excluding hydrogens is 86.1 g/mol. The van der Waals surface area contributed by atoms with Gasteiger partial charge in [-0.15, -0.1) is 6.58 Å². The van der Waals surface area contributed by atoms with Gasteiger partial charge in [-0.05, 0) is 12.3 Å². The van der Waals surface area contributed by atoms with E-state index in [0.717, 1.165) is 12.3 Å². The van der Waals surface area contributed by atoms with Crippen molar-refractivity contribution in [2.45, 2.75) is 20.3 Å². The zero-order chi connectivity index (χ0) is 4.99. The van der Waals surface area contributed by atoms with Gasteiger partial charge in [0.1, 0.15) is 0 Å². The van der Waals surface area contributed by atoms with E-state index >= 15 is 0 Å². The summed E-state index contributed by atoms with van der Waals surface area (Å²) in [5.41, 5.74) is 0. The summed E-state index contributed by atoms with van der Waals surface area (Å²) in [6.45, 7) is 7.97. The molecule has 0 aliphatic rings. The lowest BCUT2D eigenvalue weighted by atomic mass is 10.1. The Balaban J connectivity index is 0. The minimum atomic E-state index is 0. The van der Waals surface area contributed by atoms with E-state index in [1.165, 1.54) is 0 Å². The molecule has 0 radical (unpaired) electrons. The Morgan fingerprint density at radius 1 is 1.57 bits per heavy atom. The smallest absolute Gasteiger partial charge is 0.0330 e. The fourth-order valence-electron chi connectivity index (χ4n) is 0.333. The van der Waals surface area contributed by atoms with Crippen LogP contribution in [0.4, 0.5) is 0 Å². The number of allylic oxidation sites excluding steroid dienone is 1. The lowest BCUT2D eigenvalue weighted by Crippen LogP contribution is -1.78. The van der Waals surface area contributed by atoms with Crippen LogP contribution in [0.15, 0.2) is 12.7 Å². The second-order valence-electron chi connectivity index (χ2n) is 1.92. The summed E-state index contributed by atoms with van der Waals surface area (Å²) in [7, 11) is 0. The first-order valence-electron chi connectivity index (χ1n) is 2.38. The third-order valence-corrected chi connectivity index (χ3v) is 0.638. The van der Waals surface area contributed by atoms with Gasteiger partial charge in [-0.25, -0.2) is 0 Å². The second-order valence-corrected chi connectivity index (χ2v) is 1.92. The van der Waals surface area contributed by atoms with Crippen molar-refractivity contribution in [2.75, 3.05) is 0 Å². The van der Waals surface area contributed by atoms with Gasteiger partial charge in [0.05, 0.1) is 0 Å². The van der Waals surface area contributed by atoms with Crippen LogP contribution in [0.25, 0.3) is 0 Å². The molecule has 0 aromatic carbocycles. The average Bonchev–Trinajstić information content (AvgIpc) is 1.35. The Kier molecular flexibility index (Phi) is 8.02. The molecule has 0 saturated heterocycles. The van der Waals surface area contributed by atoms with E-state index in [2.05, 4.69) is 20.4 Å². The standard InChI is InChI=1S/C6H12.H3N/c1-4-5-6(2)3;/h4,6H,1,5H2,2-3H3;1H3. The fourth-order valence-corrected chi connectivity index (χ4v) is 0.333. The van der Waals surface area contributed by atoms with Gasteiger partial charge >= 0.3 is 0 Å². The van der Waals surface area contributed by atoms with Crippen LogP contribution >= 0.6 is 0 Å². The van der Waals surface area contributed by atoms with Gasteiger partial charge in [0.2, 0.25) is 0 Å². The largest absolute Gasteiger partial charge is 0.344 e. The van der Waals surface area contributed by atoms with E-state index in [9.17, 15) is 0 Å². The zero-order valence-corrected chi connectivity index (χ0v) is 5.28. The summed E-state index contributed by atoms with van der Waals surface area (Å²) in [6.07, 6.45) is 3.09. The molecule has 0 bridgehead atoms. The monoisotopic (exact) mass is 101 g/mol. The quantitative estimate of drug-likeness (QED) is 0.532. The molecule has 0 atom stereocenters. The molecule has 1 nitrogen and oxygen atoms in total. The van der Waals surface area contributed by atoms with Crippen LogP contribution < -0.4 is 6.15 Å². The first-order valence-corrected chi connectivity index (χ1v) is 2.38. The SMILES string of the molecule is C=CCC(C)C.N.